The fourth-order valence-electron chi connectivity index (χ4n) is 1.17. The van der Waals surface area contributed by atoms with Gasteiger partial charge in [-0.25, -0.2) is 4.79 Å². The summed E-state index contributed by atoms with van der Waals surface area (Å²) in [7, 11) is 0. The zero-order valence-electron chi connectivity index (χ0n) is 12.6. The summed E-state index contributed by atoms with van der Waals surface area (Å²) in [6.07, 6.45) is -0.200. The van der Waals surface area contributed by atoms with Crippen LogP contribution in [0.25, 0.3) is 0 Å². The molecule has 0 aromatic carbocycles. The lowest BCUT2D eigenvalue weighted by molar-refractivity contribution is 0.0229. The predicted octanol–water partition coefficient (Wildman–Crippen LogP) is 2.88. The summed E-state index contributed by atoms with van der Waals surface area (Å²) in [5, 5.41) is 3.18. The number of piperazine rings is 1. The Morgan fingerprint density at radius 2 is 1.47 bits per heavy atom. The average Bonchev–Trinajstić information content (AvgIpc) is 2.33. The van der Waals surface area contributed by atoms with E-state index < -0.39 is 0 Å². The molecule has 1 fully saturated rings. The molecule has 1 saturated heterocycles. The van der Waals surface area contributed by atoms with E-state index in [2.05, 4.69) is 5.32 Å². The summed E-state index contributed by atoms with van der Waals surface area (Å²) >= 11 is 0. The molecule has 1 aliphatic heterocycles. The molecular weight excluding hydrogens is 216 g/mol. The zero-order valence-corrected chi connectivity index (χ0v) is 12.6. The number of nitrogens with zero attached hydrogens (tertiary/aromatic N) is 1. The number of hydrogen-bond acceptors (Lipinski definition) is 3. The Kier molecular flexibility index (Phi) is 11.4. The second-order valence-electron chi connectivity index (χ2n) is 4.22. The van der Waals surface area contributed by atoms with Gasteiger partial charge >= 0.3 is 6.09 Å². The predicted molar refractivity (Wildman–Crippen MR) is 73.4 cm³/mol. The van der Waals surface area contributed by atoms with Gasteiger partial charge in [-0.15, -0.1) is 0 Å². The van der Waals surface area contributed by atoms with Gasteiger partial charge in [-0.2, -0.15) is 0 Å². The molecule has 1 heterocycles. The molecule has 0 radical (unpaired) electrons. The standard InChI is InChI=1S/C9H18N2O2.2C2H6/c1-9(2,3)13-8(12)11-6-4-10-5-7-11;2*1-2/h10H,4-7H2,1-3H3;2*1-2H3. The lowest BCUT2D eigenvalue weighted by Crippen LogP contribution is -2.48. The van der Waals surface area contributed by atoms with Crippen LogP contribution in [0.4, 0.5) is 4.79 Å². The minimum absolute atomic E-state index is 0.200. The van der Waals surface area contributed by atoms with Crippen molar-refractivity contribution in [3.05, 3.63) is 0 Å². The molecule has 1 rings (SSSR count). The molecule has 0 saturated carbocycles. The topological polar surface area (TPSA) is 41.6 Å². The maximum atomic E-state index is 11.5. The Bertz CT molecular complexity index is 182. The second-order valence-corrected chi connectivity index (χ2v) is 4.22. The smallest absolute Gasteiger partial charge is 0.410 e. The molecular formula is C13H30N2O2. The van der Waals surface area contributed by atoms with Crippen LogP contribution in [0.5, 0.6) is 0 Å². The van der Waals surface area contributed by atoms with Crippen molar-refractivity contribution in [2.75, 3.05) is 26.2 Å². The summed E-state index contributed by atoms with van der Waals surface area (Å²) in [6, 6.07) is 0. The molecule has 104 valence electrons. The van der Waals surface area contributed by atoms with Crippen molar-refractivity contribution in [3.63, 3.8) is 0 Å². The number of nitrogens with one attached hydrogen (secondary N) is 1. The van der Waals surface area contributed by atoms with Crippen molar-refractivity contribution < 1.29 is 9.53 Å². The van der Waals surface area contributed by atoms with E-state index in [0.717, 1.165) is 26.2 Å². The van der Waals surface area contributed by atoms with Gasteiger partial charge in [0.25, 0.3) is 0 Å². The highest BCUT2D eigenvalue weighted by Gasteiger charge is 2.22. The molecule has 1 aliphatic rings. The van der Waals surface area contributed by atoms with Crippen LogP contribution < -0.4 is 5.32 Å². The maximum absolute atomic E-state index is 11.5. The second kappa shape index (κ2) is 10.4. The Labute approximate surface area is 107 Å². The van der Waals surface area contributed by atoms with Crippen LogP contribution in [-0.4, -0.2) is 42.8 Å². The Morgan fingerprint density at radius 1 is 1.06 bits per heavy atom. The molecule has 1 amide bonds. The van der Waals surface area contributed by atoms with Crippen molar-refractivity contribution >= 4 is 6.09 Å². The van der Waals surface area contributed by atoms with E-state index in [-0.39, 0.29) is 11.7 Å². The van der Waals surface area contributed by atoms with E-state index in [1.165, 1.54) is 0 Å². The monoisotopic (exact) mass is 246 g/mol. The van der Waals surface area contributed by atoms with Gasteiger partial charge in [0.05, 0.1) is 0 Å². The molecule has 0 atom stereocenters. The van der Waals surface area contributed by atoms with E-state index in [4.69, 9.17) is 4.74 Å². The maximum Gasteiger partial charge on any atom is 0.410 e. The fraction of sp³-hybridized carbons (Fsp3) is 0.923. The first-order valence-electron chi connectivity index (χ1n) is 6.68. The SMILES string of the molecule is CC.CC.CC(C)(C)OC(=O)N1CCNCC1. The first-order chi connectivity index (χ1) is 7.99. The van der Waals surface area contributed by atoms with Crippen LogP contribution in [0, 0.1) is 0 Å². The van der Waals surface area contributed by atoms with Crippen LogP contribution in [-0.2, 0) is 4.74 Å². The molecule has 4 nitrogen and oxygen atoms in total. The third-order valence-electron chi connectivity index (χ3n) is 1.77. The number of amides is 1. The fourth-order valence-corrected chi connectivity index (χ4v) is 1.17. The lowest BCUT2D eigenvalue weighted by atomic mass is 10.2. The van der Waals surface area contributed by atoms with Crippen molar-refractivity contribution in [1.82, 2.24) is 10.2 Å². The molecule has 0 aromatic rings. The molecule has 0 bridgehead atoms. The van der Waals surface area contributed by atoms with Gasteiger partial charge in [0.2, 0.25) is 0 Å². The first kappa shape index (κ1) is 18.6. The Hall–Kier alpha value is -0.770. The summed E-state index contributed by atoms with van der Waals surface area (Å²) < 4.78 is 5.24. The quantitative estimate of drug-likeness (QED) is 0.714. The number of rotatable bonds is 0. The summed E-state index contributed by atoms with van der Waals surface area (Å²) in [6.45, 7) is 16.9. The normalized spacial score (nSPS) is 14.9. The van der Waals surface area contributed by atoms with Crippen LogP contribution >= 0.6 is 0 Å². The highest BCUT2D eigenvalue weighted by molar-refractivity contribution is 5.68. The molecule has 0 aliphatic carbocycles. The number of ether oxygens (including phenoxy) is 1. The molecule has 0 unspecified atom stereocenters. The third-order valence-corrected chi connectivity index (χ3v) is 1.77. The van der Waals surface area contributed by atoms with Crippen LogP contribution in [0.15, 0.2) is 0 Å². The summed E-state index contributed by atoms with van der Waals surface area (Å²) in [5.41, 5.74) is -0.387. The van der Waals surface area contributed by atoms with Gasteiger partial charge < -0.3 is 15.0 Å². The van der Waals surface area contributed by atoms with Gasteiger partial charge in [-0.05, 0) is 20.8 Å². The number of carbonyl (C=O) groups is 1. The molecule has 1 N–H and O–H groups in total. The highest BCUT2D eigenvalue weighted by Crippen LogP contribution is 2.09. The van der Waals surface area contributed by atoms with Gasteiger partial charge in [-0.3, -0.25) is 0 Å². The highest BCUT2D eigenvalue weighted by atomic mass is 16.6. The number of hydrogen-bond donors (Lipinski definition) is 1. The molecule has 0 spiro atoms. The van der Waals surface area contributed by atoms with Crippen LogP contribution in [0.2, 0.25) is 0 Å². The minimum atomic E-state index is -0.387. The van der Waals surface area contributed by atoms with Crippen molar-refractivity contribution in [3.8, 4) is 0 Å². The van der Waals surface area contributed by atoms with Gasteiger partial charge in [-0.1, -0.05) is 27.7 Å². The van der Waals surface area contributed by atoms with E-state index in [1.807, 2.05) is 48.5 Å². The first-order valence-corrected chi connectivity index (χ1v) is 6.68. The summed E-state index contributed by atoms with van der Waals surface area (Å²) in [4.78, 5) is 13.2. The van der Waals surface area contributed by atoms with Crippen LogP contribution in [0.1, 0.15) is 48.5 Å². The van der Waals surface area contributed by atoms with E-state index in [9.17, 15) is 4.79 Å². The van der Waals surface area contributed by atoms with Crippen molar-refractivity contribution in [2.45, 2.75) is 54.1 Å². The van der Waals surface area contributed by atoms with E-state index in [1.54, 1.807) is 4.90 Å². The summed E-state index contributed by atoms with van der Waals surface area (Å²) in [5.74, 6) is 0. The average molecular weight is 246 g/mol. The molecule has 0 aromatic heterocycles. The van der Waals surface area contributed by atoms with Gasteiger partial charge in [0.1, 0.15) is 5.60 Å². The molecule has 17 heavy (non-hydrogen) atoms. The lowest BCUT2D eigenvalue weighted by Gasteiger charge is -2.30. The van der Waals surface area contributed by atoms with Gasteiger partial charge in [0, 0.05) is 26.2 Å². The van der Waals surface area contributed by atoms with Gasteiger partial charge in [0.15, 0.2) is 0 Å². The minimum Gasteiger partial charge on any atom is -0.444 e. The molecule has 4 heteroatoms. The van der Waals surface area contributed by atoms with Crippen LogP contribution in [0.3, 0.4) is 0 Å². The van der Waals surface area contributed by atoms with E-state index in [0.29, 0.717) is 0 Å². The Balaban J connectivity index is 0. The van der Waals surface area contributed by atoms with E-state index >= 15 is 0 Å². The third kappa shape index (κ3) is 10.1. The Morgan fingerprint density at radius 3 is 1.82 bits per heavy atom. The number of carbonyl (C=O) groups excluding carboxylic acids is 1. The largest absolute Gasteiger partial charge is 0.444 e. The van der Waals surface area contributed by atoms with Crippen molar-refractivity contribution in [1.29, 1.82) is 0 Å². The zero-order chi connectivity index (χ0) is 13.9. The van der Waals surface area contributed by atoms with Crippen molar-refractivity contribution in [2.24, 2.45) is 0 Å².